The molecule has 0 N–H and O–H groups in total. The van der Waals surface area contributed by atoms with Gasteiger partial charge in [-0.05, 0) is 42.5 Å². The minimum atomic E-state index is -0.391. The molecule has 0 bridgehead atoms. The predicted octanol–water partition coefficient (Wildman–Crippen LogP) is 3.90. The molecule has 5 heteroatoms. The molecular formula is C20H13BrN2O2. The molecule has 0 radical (unpaired) electrons. The lowest BCUT2D eigenvalue weighted by Crippen LogP contribution is -2.38. The average Bonchev–Trinajstić information content (AvgIpc) is 2.64. The highest BCUT2D eigenvalue weighted by atomic mass is 79.9. The zero-order chi connectivity index (χ0) is 17.4. The summed E-state index contributed by atoms with van der Waals surface area (Å²) in [5, 5.41) is 0.474. The highest BCUT2D eigenvalue weighted by Crippen LogP contribution is 2.19. The van der Waals surface area contributed by atoms with E-state index in [4.69, 9.17) is 0 Å². The van der Waals surface area contributed by atoms with E-state index in [9.17, 15) is 9.59 Å². The second-order valence-electron chi connectivity index (χ2n) is 5.59. The Morgan fingerprint density at radius 1 is 0.680 bits per heavy atom. The summed E-state index contributed by atoms with van der Waals surface area (Å²) in [6.45, 7) is 0. The first-order valence-electron chi connectivity index (χ1n) is 7.75. The molecule has 0 aliphatic rings. The van der Waals surface area contributed by atoms with Gasteiger partial charge in [-0.1, -0.05) is 52.3 Å². The zero-order valence-electron chi connectivity index (χ0n) is 13.1. The number of hydrogen-bond acceptors (Lipinski definition) is 2. The number of aromatic nitrogens is 2. The number of rotatable bonds is 2. The van der Waals surface area contributed by atoms with Crippen molar-refractivity contribution in [3.8, 4) is 11.4 Å². The normalized spacial score (nSPS) is 10.9. The van der Waals surface area contributed by atoms with E-state index in [1.807, 2.05) is 42.5 Å². The van der Waals surface area contributed by atoms with Gasteiger partial charge < -0.3 is 0 Å². The molecule has 3 aromatic carbocycles. The van der Waals surface area contributed by atoms with E-state index in [0.29, 0.717) is 22.3 Å². The summed E-state index contributed by atoms with van der Waals surface area (Å²) in [4.78, 5) is 26.2. The minimum Gasteiger partial charge on any atom is -0.268 e. The minimum absolute atomic E-state index is 0.334. The lowest BCUT2D eigenvalue weighted by molar-refractivity contribution is 0.834. The molecule has 0 saturated heterocycles. The molecule has 4 nitrogen and oxygen atoms in total. The first-order chi connectivity index (χ1) is 12.2. The molecule has 4 aromatic rings. The fourth-order valence-corrected chi connectivity index (χ4v) is 3.28. The number of hydrogen-bond donors (Lipinski definition) is 0. The maximum absolute atomic E-state index is 13.2. The molecule has 0 unspecified atom stereocenters. The third kappa shape index (κ3) is 2.62. The molecule has 0 fully saturated rings. The van der Waals surface area contributed by atoms with E-state index in [-0.39, 0.29) is 5.56 Å². The van der Waals surface area contributed by atoms with Gasteiger partial charge in [-0.3, -0.25) is 9.36 Å². The topological polar surface area (TPSA) is 44.0 Å². The van der Waals surface area contributed by atoms with Gasteiger partial charge in [0.15, 0.2) is 0 Å². The molecule has 25 heavy (non-hydrogen) atoms. The van der Waals surface area contributed by atoms with Crippen molar-refractivity contribution in [2.75, 3.05) is 0 Å². The van der Waals surface area contributed by atoms with Crippen LogP contribution < -0.4 is 11.2 Å². The molecule has 0 aliphatic heterocycles. The maximum atomic E-state index is 13.2. The molecule has 0 aliphatic carbocycles. The van der Waals surface area contributed by atoms with Gasteiger partial charge in [0.1, 0.15) is 0 Å². The van der Waals surface area contributed by atoms with E-state index in [1.54, 1.807) is 41.0 Å². The van der Waals surface area contributed by atoms with Crippen molar-refractivity contribution in [1.82, 2.24) is 9.13 Å². The standard InChI is InChI=1S/C20H13BrN2O2/c21-14-11-12-18-17(13-14)19(24)23(16-9-5-2-6-10-16)20(25)22(18)15-7-3-1-4-8-15/h1-13H. The second kappa shape index (κ2) is 6.18. The van der Waals surface area contributed by atoms with Crippen LogP contribution in [0.1, 0.15) is 0 Å². The van der Waals surface area contributed by atoms with Gasteiger partial charge in [-0.25, -0.2) is 9.36 Å². The Hall–Kier alpha value is -2.92. The second-order valence-corrected chi connectivity index (χ2v) is 6.51. The van der Waals surface area contributed by atoms with Gasteiger partial charge in [0.25, 0.3) is 5.56 Å². The number of fused-ring (bicyclic) bond motifs is 1. The Morgan fingerprint density at radius 3 is 1.84 bits per heavy atom. The zero-order valence-corrected chi connectivity index (χ0v) is 14.7. The van der Waals surface area contributed by atoms with E-state index in [2.05, 4.69) is 15.9 Å². The third-order valence-corrected chi connectivity index (χ3v) is 4.54. The van der Waals surface area contributed by atoms with Crippen LogP contribution in [0.25, 0.3) is 22.3 Å². The molecule has 0 saturated carbocycles. The monoisotopic (exact) mass is 392 g/mol. The summed E-state index contributed by atoms with van der Waals surface area (Å²) >= 11 is 3.41. The molecule has 0 amide bonds. The summed E-state index contributed by atoms with van der Waals surface area (Å²) in [5.41, 5.74) is 1.11. The van der Waals surface area contributed by atoms with Gasteiger partial charge >= 0.3 is 5.69 Å². The lowest BCUT2D eigenvalue weighted by atomic mass is 10.2. The fourth-order valence-electron chi connectivity index (χ4n) is 2.92. The molecule has 4 rings (SSSR count). The Morgan fingerprint density at radius 2 is 1.24 bits per heavy atom. The van der Waals surface area contributed by atoms with E-state index in [0.717, 1.165) is 4.47 Å². The Balaban J connectivity index is 2.22. The van der Waals surface area contributed by atoms with E-state index in [1.165, 1.54) is 4.57 Å². The van der Waals surface area contributed by atoms with Crippen molar-refractivity contribution in [2.24, 2.45) is 0 Å². The van der Waals surface area contributed by atoms with Crippen LogP contribution in [0.15, 0.2) is 92.9 Å². The molecule has 1 heterocycles. The summed E-state index contributed by atoms with van der Waals surface area (Å²) in [7, 11) is 0. The van der Waals surface area contributed by atoms with Crippen molar-refractivity contribution in [2.45, 2.75) is 0 Å². The van der Waals surface area contributed by atoms with Crippen molar-refractivity contribution in [3.05, 3.63) is 104 Å². The van der Waals surface area contributed by atoms with E-state index < -0.39 is 5.69 Å². The van der Waals surface area contributed by atoms with Crippen LogP contribution in [0.4, 0.5) is 0 Å². The lowest BCUT2D eigenvalue weighted by Gasteiger charge is -2.14. The Labute approximate surface area is 151 Å². The van der Waals surface area contributed by atoms with E-state index >= 15 is 0 Å². The largest absolute Gasteiger partial charge is 0.340 e. The molecule has 0 spiro atoms. The number of benzene rings is 3. The van der Waals surface area contributed by atoms with Crippen LogP contribution in [-0.2, 0) is 0 Å². The Bertz CT molecular complexity index is 1180. The van der Waals surface area contributed by atoms with Crippen molar-refractivity contribution >= 4 is 26.8 Å². The van der Waals surface area contributed by atoms with Gasteiger partial charge in [0, 0.05) is 4.47 Å². The number of nitrogens with zero attached hydrogens (tertiary/aromatic N) is 2. The van der Waals surface area contributed by atoms with Crippen LogP contribution in [0.3, 0.4) is 0 Å². The average molecular weight is 393 g/mol. The first kappa shape index (κ1) is 15.6. The first-order valence-corrected chi connectivity index (χ1v) is 8.54. The van der Waals surface area contributed by atoms with Crippen molar-refractivity contribution in [1.29, 1.82) is 0 Å². The van der Waals surface area contributed by atoms with Gasteiger partial charge in [0.2, 0.25) is 0 Å². The predicted molar refractivity (Wildman–Crippen MR) is 103 cm³/mol. The third-order valence-electron chi connectivity index (χ3n) is 4.04. The van der Waals surface area contributed by atoms with Gasteiger partial charge in [0.05, 0.1) is 22.3 Å². The van der Waals surface area contributed by atoms with Gasteiger partial charge in [-0.15, -0.1) is 0 Å². The number of halogens is 1. The van der Waals surface area contributed by atoms with Crippen LogP contribution in [0.5, 0.6) is 0 Å². The quantitative estimate of drug-likeness (QED) is 0.519. The number of para-hydroxylation sites is 2. The summed E-state index contributed by atoms with van der Waals surface area (Å²) < 4.78 is 3.56. The Kier molecular flexibility index (Phi) is 3.86. The van der Waals surface area contributed by atoms with Crippen LogP contribution in [-0.4, -0.2) is 9.13 Å². The van der Waals surface area contributed by atoms with Crippen molar-refractivity contribution in [3.63, 3.8) is 0 Å². The molecule has 1 aromatic heterocycles. The fraction of sp³-hybridized carbons (Fsp3) is 0. The van der Waals surface area contributed by atoms with Crippen molar-refractivity contribution < 1.29 is 0 Å². The smallest absolute Gasteiger partial charge is 0.268 e. The molecule has 0 atom stereocenters. The summed E-state index contributed by atoms with van der Waals surface area (Å²) in [6.07, 6.45) is 0. The van der Waals surface area contributed by atoms with Crippen LogP contribution >= 0.6 is 15.9 Å². The van der Waals surface area contributed by atoms with Gasteiger partial charge in [-0.2, -0.15) is 0 Å². The van der Waals surface area contributed by atoms with Crippen LogP contribution in [0.2, 0.25) is 0 Å². The summed E-state index contributed by atoms with van der Waals surface area (Å²) in [5.74, 6) is 0. The maximum Gasteiger partial charge on any atom is 0.340 e. The SMILES string of the molecule is O=c1c2cc(Br)ccc2n(-c2ccccc2)c(=O)n1-c1ccccc1. The molecule has 122 valence electrons. The molecular weight excluding hydrogens is 380 g/mol. The highest BCUT2D eigenvalue weighted by Gasteiger charge is 2.15. The highest BCUT2D eigenvalue weighted by molar-refractivity contribution is 9.10. The summed E-state index contributed by atoms with van der Waals surface area (Å²) in [6, 6.07) is 23.6. The van der Waals surface area contributed by atoms with Crippen LogP contribution in [0, 0.1) is 0 Å².